The monoisotopic (exact) mass is 485 g/mol. The Morgan fingerprint density at radius 1 is 1.06 bits per heavy atom. The number of rotatable bonds is 7. The SMILES string of the molecule is CCS(=O)(=O)N1CCC[C@@H](C(=O)N2C[C@H](C(=O)NCCc3ccccc3)Oc3ccccc32)C1. The number of anilines is 1. The zero-order valence-electron chi connectivity index (χ0n) is 19.4. The van der Waals surface area contributed by atoms with Gasteiger partial charge in [0.25, 0.3) is 5.91 Å². The fourth-order valence-corrected chi connectivity index (χ4v) is 5.65. The maximum atomic E-state index is 13.6. The molecule has 2 aliphatic rings. The minimum Gasteiger partial charge on any atom is -0.477 e. The van der Waals surface area contributed by atoms with Crippen molar-refractivity contribution in [3.05, 3.63) is 60.2 Å². The van der Waals surface area contributed by atoms with Gasteiger partial charge in [-0.15, -0.1) is 0 Å². The van der Waals surface area contributed by atoms with Gasteiger partial charge in [0.05, 0.1) is 23.9 Å². The van der Waals surface area contributed by atoms with E-state index >= 15 is 0 Å². The summed E-state index contributed by atoms with van der Waals surface area (Å²) in [5.74, 6) is -0.419. The maximum absolute atomic E-state index is 13.6. The summed E-state index contributed by atoms with van der Waals surface area (Å²) in [7, 11) is -3.36. The molecule has 9 heteroatoms. The van der Waals surface area contributed by atoms with Crippen molar-refractivity contribution in [1.82, 2.24) is 9.62 Å². The van der Waals surface area contributed by atoms with Crippen molar-refractivity contribution in [3.8, 4) is 5.75 Å². The molecule has 0 saturated carbocycles. The van der Waals surface area contributed by atoms with E-state index in [0.717, 1.165) is 5.56 Å². The Bertz CT molecular complexity index is 1120. The summed E-state index contributed by atoms with van der Waals surface area (Å²) in [6.45, 7) is 2.77. The second-order valence-electron chi connectivity index (χ2n) is 8.65. The van der Waals surface area contributed by atoms with E-state index in [1.807, 2.05) is 36.4 Å². The van der Waals surface area contributed by atoms with E-state index in [1.165, 1.54) is 4.31 Å². The molecule has 2 amide bonds. The number of sulfonamides is 1. The average molecular weight is 486 g/mol. The summed E-state index contributed by atoms with van der Waals surface area (Å²) in [4.78, 5) is 28.1. The first-order valence-corrected chi connectivity index (χ1v) is 13.4. The highest BCUT2D eigenvalue weighted by Crippen LogP contribution is 2.35. The van der Waals surface area contributed by atoms with Crippen LogP contribution in [0.3, 0.4) is 0 Å². The number of hydrogen-bond acceptors (Lipinski definition) is 5. The summed E-state index contributed by atoms with van der Waals surface area (Å²) < 4.78 is 32.1. The highest BCUT2D eigenvalue weighted by Gasteiger charge is 2.39. The van der Waals surface area contributed by atoms with Gasteiger partial charge >= 0.3 is 0 Å². The largest absolute Gasteiger partial charge is 0.477 e. The number of carbonyl (C=O) groups excluding carboxylic acids is 2. The van der Waals surface area contributed by atoms with E-state index < -0.39 is 22.0 Å². The van der Waals surface area contributed by atoms with E-state index in [1.54, 1.807) is 30.0 Å². The molecule has 2 aromatic rings. The first-order valence-electron chi connectivity index (χ1n) is 11.8. The molecule has 34 heavy (non-hydrogen) atoms. The molecule has 0 aliphatic carbocycles. The van der Waals surface area contributed by atoms with Gasteiger partial charge in [-0.3, -0.25) is 9.59 Å². The van der Waals surface area contributed by atoms with Gasteiger partial charge in [0.1, 0.15) is 5.75 Å². The van der Waals surface area contributed by atoms with Crippen LogP contribution in [0.4, 0.5) is 5.69 Å². The predicted octanol–water partition coefficient (Wildman–Crippen LogP) is 2.20. The topological polar surface area (TPSA) is 96.0 Å². The van der Waals surface area contributed by atoms with Crippen LogP contribution < -0.4 is 15.0 Å². The standard InChI is InChI=1S/C25H31N3O5S/c1-2-34(31,32)27-16-8-11-20(17-27)25(30)28-18-23(33-22-13-7-6-12-21(22)28)24(29)26-15-14-19-9-4-3-5-10-19/h3-7,9-10,12-13,20,23H,2,8,11,14-18H2,1H3,(H,26,29)/t20-,23-/m1/s1. The second-order valence-corrected chi connectivity index (χ2v) is 10.9. The molecule has 2 heterocycles. The number of ether oxygens (including phenoxy) is 1. The molecule has 2 aliphatic heterocycles. The fourth-order valence-electron chi connectivity index (χ4n) is 4.47. The molecule has 8 nitrogen and oxygen atoms in total. The highest BCUT2D eigenvalue weighted by molar-refractivity contribution is 7.89. The number of nitrogens with zero attached hydrogens (tertiary/aromatic N) is 2. The third-order valence-corrected chi connectivity index (χ3v) is 8.23. The number of carbonyl (C=O) groups is 2. The van der Waals surface area contributed by atoms with E-state index in [4.69, 9.17) is 4.74 Å². The molecule has 1 fully saturated rings. The van der Waals surface area contributed by atoms with Crippen molar-refractivity contribution in [3.63, 3.8) is 0 Å². The van der Waals surface area contributed by atoms with Crippen LogP contribution in [0.15, 0.2) is 54.6 Å². The smallest absolute Gasteiger partial charge is 0.262 e. The van der Waals surface area contributed by atoms with E-state index in [-0.39, 0.29) is 30.7 Å². The van der Waals surface area contributed by atoms with Crippen LogP contribution in [0, 0.1) is 5.92 Å². The van der Waals surface area contributed by atoms with Gasteiger partial charge < -0.3 is 15.0 Å². The molecule has 2 aromatic carbocycles. The van der Waals surface area contributed by atoms with Gasteiger partial charge in [0.15, 0.2) is 6.10 Å². The van der Waals surface area contributed by atoms with E-state index in [9.17, 15) is 18.0 Å². The Morgan fingerprint density at radius 2 is 1.79 bits per heavy atom. The minimum absolute atomic E-state index is 0.0134. The van der Waals surface area contributed by atoms with E-state index in [0.29, 0.717) is 43.8 Å². The molecule has 1 N–H and O–H groups in total. The Kier molecular flexibility index (Phi) is 7.53. The molecule has 2 atom stereocenters. The summed E-state index contributed by atoms with van der Waals surface area (Å²) in [5.41, 5.74) is 1.73. The number of piperidine rings is 1. The number of benzene rings is 2. The summed E-state index contributed by atoms with van der Waals surface area (Å²) in [6.07, 6.45) is 1.10. The number of amides is 2. The molecular weight excluding hydrogens is 454 g/mol. The zero-order chi connectivity index (χ0) is 24.1. The van der Waals surface area contributed by atoms with Crippen LogP contribution in [0.25, 0.3) is 0 Å². The number of nitrogens with one attached hydrogen (secondary N) is 1. The summed E-state index contributed by atoms with van der Waals surface area (Å²) >= 11 is 0. The Morgan fingerprint density at radius 3 is 2.56 bits per heavy atom. The van der Waals surface area contributed by atoms with Crippen LogP contribution in [0.2, 0.25) is 0 Å². The van der Waals surface area contributed by atoms with Crippen molar-refractivity contribution in [2.75, 3.05) is 36.8 Å². The number of hydrogen-bond donors (Lipinski definition) is 1. The second kappa shape index (κ2) is 10.6. The zero-order valence-corrected chi connectivity index (χ0v) is 20.2. The van der Waals surface area contributed by atoms with Gasteiger partial charge in [-0.1, -0.05) is 42.5 Å². The van der Waals surface area contributed by atoms with Gasteiger partial charge in [-0.05, 0) is 43.9 Å². The van der Waals surface area contributed by atoms with Crippen molar-refractivity contribution in [2.24, 2.45) is 5.92 Å². The van der Waals surface area contributed by atoms with Gasteiger partial charge in [0.2, 0.25) is 15.9 Å². The van der Waals surface area contributed by atoms with Gasteiger partial charge in [-0.25, -0.2) is 12.7 Å². The lowest BCUT2D eigenvalue weighted by atomic mass is 9.97. The number of fused-ring (bicyclic) bond motifs is 1. The lowest BCUT2D eigenvalue weighted by Crippen LogP contribution is -2.54. The fraction of sp³-hybridized carbons (Fsp3) is 0.440. The quantitative estimate of drug-likeness (QED) is 0.649. The Labute approximate surface area is 200 Å². The summed E-state index contributed by atoms with van der Waals surface area (Å²) in [6, 6.07) is 17.0. The predicted molar refractivity (Wildman–Crippen MR) is 130 cm³/mol. The molecule has 0 unspecified atom stereocenters. The molecule has 0 radical (unpaired) electrons. The minimum atomic E-state index is -3.36. The Balaban J connectivity index is 1.46. The Hall–Kier alpha value is -2.91. The lowest BCUT2D eigenvalue weighted by molar-refractivity contribution is -0.129. The summed E-state index contributed by atoms with van der Waals surface area (Å²) in [5, 5.41) is 2.92. The molecule has 4 rings (SSSR count). The molecule has 0 aromatic heterocycles. The van der Waals surface area contributed by atoms with Gasteiger partial charge in [0, 0.05) is 19.6 Å². The molecule has 182 valence electrons. The van der Waals surface area contributed by atoms with Crippen molar-refractivity contribution < 1.29 is 22.7 Å². The number of para-hydroxylation sites is 2. The van der Waals surface area contributed by atoms with Crippen molar-refractivity contribution in [2.45, 2.75) is 32.3 Å². The first kappa shape index (κ1) is 24.2. The highest BCUT2D eigenvalue weighted by atomic mass is 32.2. The molecule has 0 bridgehead atoms. The van der Waals surface area contributed by atoms with Crippen molar-refractivity contribution in [1.29, 1.82) is 0 Å². The van der Waals surface area contributed by atoms with Gasteiger partial charge in [-0.2, -0.15) is 0 Å². The van der Waals surface area contributed by atoms with Crippen LogP contribution in [0.1, 0.15) is 25.3 Å². The average Bonchev–Trinajstić information content (AvgIpc) is 2.88. The van der Waals surface area contributed by atoms with Crippen LogP contribution in [-0.4, -0.2) is 62.6 Å². The third kappa shape index (κ3) is 5.42. The van der Waals surface area contributed by atoms with Crippen LogP contribution in [0.5, 0.6) is 5.75 Å². The normalized spacial score (nSPS) is 20.8. The maximum Gasteiger partial charge on any atom is 0.262 e. The molecule has 0 spiro atoms. The lowest BCUT2D eigenvalue weighted by Gasteiger charge is -2.38. The molecule has 1 saturated heterocycles. The third-order valence-electron chi connectivity index (χ3n) is 6.38. The van der Waals surface area contributed by atoms with Crippen molar-refractivity contribution >= 4 is 27.5 Å². The van der Waals surface area contributed by atoms with Crippen LogP contribution >= 0.6 is 0 Å². The van der Waals surface area contributed by atoms with Crippen LogP contribution in [-0.2, 0) is 26.0 Å². The molecular formula is C25H31N3O5S. The van der Waals surface area contributed by atoms with E-state index in [2.05, 4.69) is 5.32 Å². The first-order chi connectivity index (χ1) is 16.4.